The predicted octanol–water partition coefficient (Wildman–Crippen LogP) is 2.42. The number of benzene rings is 1. The molecule has 0 saturated carbocycles. The third kappa shape index (κ3) is 1.98. The van der Waals surface area contributed by atoms with Crippen molar-refractivity contribution in [1.82, 2.24) is 9.55 Å². The van der Waals surface area contributed by atoms with Crippen LogP contribution in [-0.2, 0) is 6.54 Å². The van der Waals surface area contributed by atoms with Gasteiger partial charge in [-0.1, -0.05) is 0 Å². The highest BCUT2D eigenvalue weighted by Crippen LogP contribution is 2.24. The molecular weight excluding hydrogens is 209 g/mol. The maximum atomic E-state index is 13.4. The molecule has 0 aliphatic rings. The Morgan fingerprint density at radius 2 is 2.31 bits per heavy atom. The Morgan fingerprint density at radius 3 is 3.00 bits per heavy atom. The molecule has 2 N–H and O–H groups in total. The molecule has 1 heterocycles. The summed E-state index contributed by atoms with van der Waals surface area (Å²) in [5, 5.41) is 0. The minimum atomic E-state index is -0.495. The molecule has 2 aromatic rings. The molecule has 16 heavy (non-hydrogen) atoms. The summed E-state index contributed by atoms with van der Waals surface area (Å²) in [5.74, 6) is -0.374. The van der Waals surface area contributed by atoms with E-state index in [1.807, 2.05) is 6.92 Å². The highest BCUT2D eigenvalue weighted by molar-refractivity contribution is 5.43. The number of ether oxygens (including phenoxy) is 1. The van der Waals surface area contributed by atoms with E-state index in [9.17, 15) is 4.39 Å². The van der Waals surface area contributed by atoms with Gasteiger partial charge >= 0.3 is 6.01 Å². The number of imidazole rings is 1. The van der Waals surface area contributed by atoms with E-state index in [1.54, 1.807) is 23.0 Å². The van der Waals surface area contributed by atoms with E-state index in [4.69, 9.17) is 10.5 Å². The van der Waals surface area contributed by atoms with Crippen molar-refractivity contribution in [3.8, 4) is 11.8 Å². The third-order valence-corrected chi connectivity index (χ3v) is 2.18. The van der Waals surface area contributed by atoms with Crippen LogP contribution in [0.15, 0.2) is 30.6 Å². The first-order chi connectivity index (χ1) is 7.70. The van der Waals surface area contributed by atoms with Crippen molar-refractivity contribution in [1.29, 1.82) is 0 Å². The van der Waals surface area contributed by atoms with Crippen LogP contribution in [-0.4, -0.2) is 9.55 Å². The fourth-order valence-corrected chi connectivity index (χ4v) is 1.34. The molecule has 1 aromatic heterocycles. The van der Waals surface area contributed by atoms with Gasteiger partial charge in [0.1, 0.15) is 0 Å². The Kier molecular flexibility index (Phi) is 2.76. The van der Waals surface area contributed by atoms with Gasteiger partial charge in [0.15, 0.2) is 11.6 Å². The Morgan fingerprint density at radius 1 is 1.50 bits per heavy atom. The molecule has 0 atom stereocenters. The lowest BCUT2D eigenvalue weighted by Crippen LogP contribution is -1.99. The number of halogens is 1. The van der Waals surface area contributed by atoms with Crippen LogP contribution in [0.1, 0.15) is 6.92 Å². The first-order valence-corrected chi connectivity index (χ1v) is 4.94. The average molecular weight is 221 g/mol. The van der Waals surface area contributed by atoms with Gasteiger partial charge in [0.2, 0.25) is 0 Å². The van der Waals surface area contributed by atoms with Crippen LogP contribution in [0, 0.1) is 5.82 Å². The fraction of sp³-hybridized carbons (Fsp3) is 0.182. The molecule has 0 unspecified atom stereocenters. The molecule has 0 fully saturated rings. The summed E-state index contributed by atoms with van der Waals surface area (Å²) >= 11 is 0. The second-order valence-corrected chi connectivity index (χ2v) is 3.29. The van der Waals surface area contributed by atoms with Gasteiger partial charge in [0.05, 0.1) is 0 Å². The number of anilines is 1. The van der Waals surface area contributed by atoms with E-state index >= 15 is 0 Å². The first kappa shape index (κ1) is 10.5. The summed E-state index contributed by atoms with van der Waals surface area (Å²) in [6, 6.07) is 4.65. The maximum Gasteiger partial charge on any atom is 0.301 e. The average Bonchev–Trinajstić information content (AvgIpc) is 2.69. The molecule has 4 nitrogen and oxygen atoms in total. The van der Waals surface area contributed by atoms with Crippen molar-refractivity contribution in [2.24, 2.45) is 0 Å². The standard InChI is InChI=1S/C11H12FN3O/c1-2-15-6-5-14-11(15)16-10-4-3-8(13)7-9(10)12/h3-7H,2,13H2,1H3. The lowest BCUT2D eigenvalue weighted by Gasteiger charge is -2.07. The normalized spacial score (nSPS) is 10.4. The van der Waals surface area contributed by atoms with E-state index < -0.39 is 5.82 Å². The molecule has 0 spiro atoms. The molecule has 1 aromatic carbocycles. The smallest absolute Gasteiger partial charge is 0.301 e. The largest absolute Gasteiger partial charge is 0.422 e. The Balaban J connectivity index is 2.27. The summed E-state index contributed by atoms with van der Waals surface area (Å²) in [7, 11) is 0. The van der Waals surface area contributed by atoms with Crippen LogP contribution in [0.25, 0.3) is 0 Å². The van der Waals surface area contributed by atoms with Crippen LogP contribution in [0.4, 0.5) is 10.1 Å². The third-order valence-electron chi connectivity index (χ3n) is 2.18. The van der Waals surface area contributed by atoms with Crippen molar-refractivity contribution in [3.05, 3.63) is 36.4 Å². The summed E-state index contributed by atoms with van der Waals surface area (Å²) in [6.45, 7) is 2.67. The fourth-order valence-electron chi connectivity index (χ4n) is 1.34. The monoisotopic (exact) mass is 221 g/mol. The molecule has 5 heteroatoms. The lowest BCUT2D eigenvalue weighted by atomic mass is 10.3. The molecule has 0 aliphatic heterocycles. The van der Waals surface area contributed by atoms with Crippen LogP contribution in [0.2, 0.25) is 0 Å². The lowest BCUT2D eigenvalue weighted by molar-refractivity contribution is 0.391. The number of nitrogens with two attached hydrogens (primary N) is 1. The van der Waals surface area contributed by atoms with Crippen molar-refractivity contribution in [2.75, 3.05) is 5.73 Å². The van der Waals surface area contributed by atoms with Gasteiger partial charge in [-0.3, -0.25) is 0 Å². The van der Waals surface area contributed by atoms with E-state index in [0.29, 0.717) is 18.2 Å². The SMILES string of the molecule is CCn1ccnc1Oc1ccc(N)cc1F. The number of aromatic nitrogens is 2. The highest BCUT2D eigenvalue weighted by Gasteiger charge is 2.08. The predicted molar refractivity (Wildman–Crippen MR) is 58.8 cm³/mol. The molecular formula is C11H12FN3O. The number of hydrogen-bond donors (Lipinski definition) is 1. The van der Waals surface area contributed by atoms with Crippen molar-refractivity contribution >= 4 is 5.69 Å². The van der Waals surface area contributed by atoms with Crippen molar-refractivity contribution in [2.45, 2.75) is 13.5 Å². The molecule has 0 aliphatic carbocycles. The molecule has 0 saturated heterocycles. The molecule has 84 valence electrons. The zero-order valence-electron chi connectivity index (χ0n) is 8.85. The molecule has 2 rings (SSSR count). The highest BCUT2D eigenvalue weighted by atomic mass is 19.1. The van der Waals surface area contributed by atoms with E-state index in [2.05, 4.69) is 4.98 Å². The number of nitrogen functional groups attached to an aromatic ring is 1. The first-order valence-electron chi connectivity index (χ1n) is 4.94. The summed E-state index contributed by atoms with van der Waals surface area (Å²) < 4.78 is 20.6. The van der Waals surface area contributed by atoms with Gasteiger partial charge in [0, 0.05) is 30.7 Å². The van der Waals surface area contributed by atoms with E-state index in [-0.39, 0.29) is 5.75 Å². The number of hydrogen-bond acceptors (Lipinski definition) is 3. The zero-order chi connectivity index (χ0) is 11.5. The Labute approximate surface area is 92.5 Å². The van der Waals surface area contributed by atoms with Gasteiger partial charge in [-0.25, -0.2) is 9.37 Å². The second kappa shape index (κ2) is 4.22. The van der Waals surface area contributed by atoms with Crippen molar-refractivity contribution in [3.63, 3.8) is 0 Å². The van der Waals surface area contributed by atoms with Gasteiger partial charge in [-0.15, -0.1) is 0 Å². The minimum Gasteiger partial charge on any atom is -0.422 e. The topological polar surface area (TPSA) is 53.1 Å². The van der Waals surface area contributed by atoms with Gasteiger partial charge in [-0.2, -0.15) is 0 Å². The number of nitrogens with zero attached hydrogens (tertiary/aromatic N) is 2. The Hall–Kier alpha value is -2.04. The summed E-state index contributed by atoms with van der Waals surface area (Å²) in [4.78, 5) is 3.99. The van der Waals surface area contributed by atoms with E-state index in [0.717, 1.165) is 0 Å². The second-order valence-electron chi connectivity index (χ2n) is 3.29. The maximum absolute atomic E-state index is 13.4. The summed E-state index contributed by atoms with van der Waals surface area (Å²) in [6.07, 6.45) is 3.37. The van der Waals surface area contributed by atoms with Crippen LogP contribution >= 0.6 is 0 Å². The molecule has 0 radical (unpaired) electrons. The van der Waals surface area contributed by atoms with Crippen LogP contribution in [0.5, 0.6) is 11.8 Å². The van der Waals surface area contributed by atoms with Gasteiger partial charge in [0.25, 0.3) is 0 Å². The molecule has 0 bridgehead atoms. The Bertz CT molecular complexity index is 496. The summed E-state index contributed by atoms with van der Waals surface area (Å²) in [5.41, 5.74) is 5.81. The van der Waals surface area contributed by atoms with Gasteiger partial charge < -0.3 is 15.0 Å². The van der Waals surface area contributed by atoms with Crippen LogP contribution in [0.3, 0.4) is 0 Å². The van der Waals surface area contributed by atoms with E-state index in [1.165, 1.54) is 12.1 Å². The van der Waals surface area contributed by atoms with Gasteiger partial charge in [-0.05, 0) is 19.1 Å². The number of aryl methyl sites for hydroxylation is 1. The number of rotatable bonds is 3. The van der Waals surface area contributed by atoms with Crippen LogP contribution < -0.4 is 10.5 Å². The van der Waals surface area contributed by atoms with Crippen molar-refractivity contribution < 1.29 is 9.13 Å². The molecule has 0 amide bonds. The zero-order valence-corrected chi connectivity index (χ0v) is 8.85. The minimum absolute atomic E-state index is 0.120. The quantitative estimate of drug-likeness (QED) is 0.810.